The molecule has 0 N–H and O–H groups in total. The zero-order valence-corrected chi connectivity index (χ0v) is 14.2. The molecule has 0 amide bonds. The van der Waals surface area contributed by atoms with Gasteiger partial charge in [0.25, 0.3) is 0 Å². The third-order valence-corrected chi connectivity index (χ3v) is 4.16. The fourth-order valence-electron chi connectivity index (χ4n) is 2.90. The Balaban J connectivity index is 1.80. The molecular weight excluding hydrogens is 365 g/mol. The molecule has 1 aromatic heterocycles. The van der Waals surface area contributed by atoms with Gasteiger partial charge in [0.15, 0.2) is 17.5 Å². The van der Waals surface area contributed by atoms with Crippen LogP contribution in [0.15, 0.2) is 18.3 Å². The summed E-state index contributed by atoms with van der Waals surface area (Å²) in [5, 5.41) is 17.0. The van der Waals surface area contributed by atoms with Crippen LogP contribution in [0.4, 0.5) is 13.2 Å². The van der Waals surface area contributed by atoms with Crippen molar-refractivity contribution in [3.05, 3.63) is 35.8 Å². The first-order chi connectivity index (χ1) is 12.9. The molecule has 0 unspecified atom stereocenters. The molecule has 2 aromatic rings. The SMILES string of the molecule is CC(=O)OC[C@H]1C[C@H](n2cc(-c3cc(F)c(F)c(F)c3)nn2)C[C@@H](C#N)O1. The molecule has 1 fully saturated rings. The van der Waals surface area contributed by atoms with Gasteiger partial charge in [-0.2, -0.15) is 5.26 Å². The molecule has 27 heavy (non-hydrogen) atoms. The molecule has 0 aliphatic carbocycles. The van der Waals surface area contributed by atoms with Crippen molar-refractivity contribution in [1.82, 2.24) is 15.0 Å². The van der Waals surface area contributed by atoms with E-state index in [1.165, 1.54) is 17.8 Å². The average molecular weight is 380 g/mol. The number of carbonyl (C=O) groups excluding carboxylic acids is 1. The first-order valence-electron chi connectivity index (χ1n) is 8.12. The van der Waals surface area contributed by atoms with Crippen molar-refractivity contribution in [2.24, 2.45) is 0 Å². The summed E-state index contributed by atoms with van der Waals surface area (Å²) in [6.07, 6.45) is 0.963. The van der Waals surface area contributed by atoms with Gasteiger partial charge in [0.2, 0.25) is 0 Å². The van der Waals surface area contributed by atoms with Gasteiger partial charge in [-0.1, -0.05) is 5.21 Å². The Kier molecular flexibility index (Phi) is 5.41. The van der Waals surface area contributed by atoms with E-state index in [1.807, 2.05) is 6.07 Å². The first-order valence-corrected chi connectivity index (χ1v) is 8.12. The lowest BCUT2D eigenvalue weighted by atomic mass is 9.99. The maximum absolute atomic E-state index is 13.4. The maximum Gasteiger partial charge on any atom is 0.302 e. The summed E-state index contributed by atoms with van der Waals surface area (Å²) in [4.78, 5) is 11.0. The van der Waals surface area contributed by atoms with Crippen LogP contribution in [0.5, 0.6) is 0 Å². The van der Waals surface area contributed by atoms with E-state index in [2.05, 4.69) is 10.3 Å². The van der Waals surface area contributed by atoms with Crippen molar-refractivity contribution in [2.75, 3.05) is 6.61 Å². The second kappa shape index (κ2) is 7.75. The molecule has 1 aromatic carbocycles. The third kappa shape index (κ3) is 4.25. The number of halogens is 3. The van der Waals surface area contributed by atoms with Crippen LogP contribution in [0.25, 0.3) is 11.3 Å². The molecule has 7 nitrogen and oxygen atoms in total. The quantitative estimate of drug-likeness (QED) is 0.598. The summed E-state index contributed by atoms with van der Waals surface area (Å²) >= 11 is 0. The minimum atomic E-state index is -1.55. The van der Waals surface area contributed by atoms with Crippen LogP contribution in [-0.4, -0.2) is 39.8 Å². The topological polar surface area (TPSA) is 90.0 Å². The van der Waals surface area contributed by atoms with Crippen LogP contribution in [0.1, 0.15) is 25.8 Å². The standard InChI is InChI=1S/C17H15F3N4O3/c1-9(25)26-8-13-5-11(4-12(6-21)27-13)24-7-16(22-23-24)10-2-14(18)17(20)15(19)3-10/h2-3,7,11-13H,4-5,8H2,1H3/t11-,12+,13-/m1/s1. The molecule has 142 valence electrons. The average Bonchev–Trinajstić information content (AvgIpc) is 3.14. The number of rotatable bonds is 4. The van der Waals surface area contributed by atoms with Gasteiger partial charge < -0.3 is 9.47 Å². The van der Waals surface area contributed by atoms with Crippen LogP contribution in [-0.2, 0) is 14.3 Å². The molecule has 0 saturated carbocycles. The largest absolute Gasteiger partial charge is 0.463 e. The monoisotopic (exact) mass is 380 g/mol. The molecule has 1 saturated heterocycles. The molecule has 1 aliphatic rings. The second-order valence-electron chi connectivity index (χ2n) is 6.14. The summed E-state index contributed by atoms with van der Waals surface area (Å²) in [5.74, 6) is -4.66. The second-order valence-corrected chi connectivity index (χ2v) is 6.14. The molecule has 2 heterocycles. The summed E-state index contributed by atoms with van der Waals surface area (Å²) in [7, 11) is 0. The highest BCUT2D eigenvalue weighted by Crippen LogP contribution is 2.30. The van der Waals surface area contributed by atoms with Gasteiger partial charge in [0.05, 0.1) is 24.4 Å². The van der Waals surface area contributed by atoms with E-state index < -0.39 is 35.6 Å². The number of hydrogen-bond acceptors (Lipinski definition) is 6. The van der Waals surface area contributed by atoms with Crippen LogP contribution in [0.3, 0.4) is 0 Å². The van der Waals surface area contributed by atoms with Crippen molar-refractivity contribution in [1.29, 1.82) is 5.26 Å². The molecule has 0 radical (unpaired) electrons. The minimum absolute atomic E-state index is 0.0000474. The Morgan fingerprint density at radius 1 is 1.37 bits per heavy atom. The van der Waals surface area contributed by atoms with Gasteiger partial charge in [-0.3, -0.25) is 4.79 Å². The number of aromatic nitrogens is 3. The molecular formula is C17H15F3N4O3. The third-order valence-electron chi connectivity index (χ3n) is 4.16. The normalized spacial score (nSPS) is 22.3. The van der Waals surface area contributed by atoms with Crippen molar-refractivity contribution in [3.8, 4) is 17.3 Å². The molecule has 0 bridgehead atoms. The van der Waals surface area contributed by atoms with E-state index in [1.54, 1.807) is 0 Å². The maximum atomic E-state index is 13.4. The number of hydrogen-bond donors (Lipinski definition) is 0. The Hall–Kier alpha value is -2.93. The zero-order valence-electron chi connectivity index (χ0n) is 14.2. The Morgan fingerprint density at radius 2 is 2.07 bits per heavy atom. The highest BCUT2D eigenvalue weighted by molar-refractivity contribution is 5.65. The highest BCUT2D eigenvalue weighted by atomic mass is 19.2. The van der Waals surface area contributed by atoms with Gasteiger partial charge in [0, 0.05) is 18.9 Å². The van der Waals surface area contributed by atoms with Crippen LogP contribution < -0.4 is 0 Å². The van der Waals surface area contributed by atoms with E-state index in [-0.39, 0.29) is 23.9 Å². The van der Waals surface area contributed by atoms with Gasteiger partial charge in [-0.25, -0.2) is 17.9 Å². The van der Waals surface area contributed by atoms with Gasteiger partial charge in [-0.15, -0.1) is 5.10 Å². The number of benzene rings is 1. The van der Waals surface area contributed by atoms with E-state index >= 15 is 0 Å². The lowest BCUT2D eigenvalue weighted by Gasteiger charge is -2.31. The molecule has 3 rings (SSSR count). The fraction of sp³-hybridized carbons (Fsp3) is 0.412. The molecule has 1 aliphatic heterocycles. The van der Waals surface area contributed by atoms with E-state index in [0.29, 0.717) is 12.8 Å². The fourth-order valence-corrected chi connectivity index (χ4v) is 2.90. The van der Waals surface area contributed by atoms with E-state index in [0.717, 1.165) is 12.1 Å². The van der Waals surface area contributed by atoms with Crippen molar-refractivity contribution in [2.45, 2.75) is 38.0 Å². The van der Waals surface area contributed by atoms with Crippen molar-refractivity contribution >= 4 is 5.97 Å². The zero-order chi connectivity index (χ0) is 19.6. The predicted octanol–water partition coefficient (Wildman–Crippen LogP) is 2.54. The number of nitrogens with zero attached hydrogens (tertiary/aromatic N) is 4. The minimum Gasteiger partial charge on any atom is -0.463 e. The summed E-state index contributed by atoms with van der Waals surface area (Å²) < 4.78 is 51.9. The van der Waals surface area contributed by atoms with Crippen molar-refractivity contribution < 1.29 is 27.4 Å². The number of esters is 1. The Morgan fingerprint density at radius 3 is 2.70 bits per heavy atom. The molecule has 0 spiro atoms. The number of ether oxygens (including phenoxy) is 2. The Bertz CT molecular complexity index is 873. The molecule has 10 heteroatoms. The summed E-state index contributed by atoms with van der Waals surface area (Å²) in [6.45, 7) is 1.27. The predicted molar refractivity (Wildman–Crippen MR) is 84.5 cm³/mol. The van der Waals surface area contributed by atoms with Crippen molar-refractivity contribution in [3.63, 3.8) is 0 Å². The van der Waals surface area contributed by atoms with Crippen LogP contribution in [0.2, 0.25) is 0 Å². The van der Waals surface area contributed by atoms with Crippen LogP contribution >= 0.6 is 0 Å². The van der Waals surface area contributed by atoms with Gasteiger partial charge in [-0.05, 0) is 18.6 Å². The molecule has 3 atom stereocenters. The van der Waals surface area contributed by atoms with Gasteiger partial charge in [0.1, 0.15) is 18.4 Å². The Labute approximate surface area is 152 Å². The highest BCUT2D eigenvalue weighted by Gasteiger charge is 2.32. The lowest BCUT2D eigenvalue weighted by Crippen LogP contribution is -2.36. The number of nitriles is 1. The number of carbonyl (C=O) groups is 1. The smallest absolute Gasteiger partial charge is 0.302 e. The summed E-state index contributed by atoms with van der Waals surface area (Å²) in [6, 6.07) is 3.39. The van der Waals surface area contributed by atoms with Crippen LogP contribution in [0, 0.1) is 28.8 Å². The van der Waals surface area contributed by atoms with Gasteiger partial charge >= 0.3 is 5.97 Å². The van der Waals surface area contributed by atoms with E-state index in [9.17, 15) is 23.2 Å². The summed E-state index contributed by atoms with van der Waals surface area (Å²) in [5.41, 5.74) is 0.197. The van der Waals surface area contributed by atoms with E-state index in [4.69, 9.17) is 9.47 Å². The first kappa shape index (κ1) is 18.8. The lowest BCUT2D eigenvalue weighted by molar-refractivity contribution is -0.149.